The molecule has 0 saturated carbocycles. The van der Waals surface area contributed by atoms with Crippen LogP contribution >= 0.6 is 0 Å². The standard InChI is InChI=1S/C23H23N3O/c1-16(18-4-6-19(7-5-18)20-8-11-24-12-9-20)26-15-17-2-3-21-10-13-25-23(27)22(21)14-17/h2-9,11-12,14,16,26H,10,13,15H2,1H3,(H,25,27). The minimum Gasteiger partial charge on any atom is -0.352 e. The number of hydrogen-bond acceptors (Lipinski definition) is 3. The van der Waals surface area contributed by atoms with Crippen molar-refractivity contribution in [3.63, 3.8) is 0 Å². The second-order valence-electron chi connectivity index (χ2n) is 6.96. The van der Waals surface area contributed by atoms with Crippen LogP contribution in [0.3, 0.4) is 0 Å². The number of fused-ring (bicyclic) bond motifs is 1. The summed E-state index contributed by atoms with van der Waals surface area (Å²) in [6, 6.07) is 19.1. The van der Waals surface area contributed by atoms with Crippen LogP contribution in [0.4, 0.5) is 0 Å². The van der Waals surface area contributed by atoms with Gasteiger partial charge in [0, 0.05) is 37.1 Å². The minimum absolute atomic E-state index is 0.0397. The van der Waals surface area contributed by atoms with Gasteiger partial charge in [-0.05, 0) is 59.4 Å². The van der Waals surface area contributed by atoms with Crippen LogP contribution in [0.5, 0.6) is 0 Å². The van der Waals surface area contributed by atoms with Crippen molar-refractivity contribution >= 4 is 5.91 Å². The Kier molecular flexibility index (Phi) is 4.99. The molecule has 2 aromatic carbocycles. The fraction of sp³-hybridized carbons (Fsp3) is 0.217. The molecule has 4 nitrogen and oxygen atoms in total. The van der Waals surface area contributed by atoms with E-state index in [2.05, 4.69) is 58.9 Å². The summed E-state index contributed by atoms with van der Waals surface area (Å²) in [4.78, 5) is 16.1. The molecule has 1 unspecified atom stereocenters. The maximum absolute atomic E-state index is 12.0. The molecular formula is C23H23N3O. The van der Waals surface area contributed by atoms with Crippen LogP contribution in [0.2, 0.25) is 0 Å². The molecule has 1 amide bonds. The second kappa shape index (κ2) is 7.72. The first kappa shape index (κ1) is 17.4. The van der Waals surface area contributed by atoms with Gasteiger partial charge in [0.25, 0.3) is 5.91 Å². The molecule has 0 aliphatic carbocycles. The molecule has 4 heteroatoms. The number of benzene rings is 2. The number of carbonyl (C=O) groups is 1. The van der Waals surface area contributed by atoms with Crippen LogP contribution in [0.1, 0.15) is 40.0 Å². The third-order valence-electron chi connectivity index (χ3n) is 5.14. The first-order valence-electron chi connectivity index (χ1n) is 9.34. The molecule has 2 N–H and O–H groups in total. The lowest BCUT2D eigenvalue weighted by molar-refractivity contribution is 0.0946. The van der Waals surface area contributed by atoms with Gasteiger partial charge in [-0.3, -0.25) is 9.78 Å². The molecule has 1 aliphatic heterocycles. The van der Waals surface area contributed by atoms with E-state index in [1.807, 2.05) is 30.6 Å². The van der Waals surface area contributed by atoms with E-state index in [1.165, 1.54) is 16.7 Å². The summed E-state index contributed by atoms with van der Waals surface area (Å²) in [7, 11) is 0. The average molecular weight is 357 g/mol. The van der Waals surface area contributed by atoms with Crippen molar-refractivity contribution in [3.8, 4) is 11.1 Å². The van der Waals surface area contributed by atoms with E-state index in [-0.39, 0.29) is 11.9 Å². The van der Waals surface area contributed by atoms with Gasteiger partial charge >= 0.3 is 0 Å². The van der Waals surface area contributed by atoms with Crippen molar-refractivity contribution in [3.05, 3.63) is 89.2 Å². The lowest BCUT2D eigenvalue weighted by Gasteiger charge is -2.19. The van der Waals surface area contributed by atoms with Gasteiger partial charge in [-0.15, -0.1) is 0 Å². The monoisotopic (exact) mass is 357 g/mol. The van der Waals surface area contributed by atoms with Crippen molar-refractivity contribution in [2.45, 2.75) is 25.9 Å². The molecule has 1 aliphatic rings. The van der Waals surface area contributed by atoms with E-state index in [0.717, 1.165) is 36.2 Å². The second-order valence-corrected chi connectivity index (χ2v) is 6.96. The summed E-state index contributed by atoms with van der Waals surface area (Å²) >= 11 is 0. The fourth-order valence-corrected chi connectivity index (χ4v) is 3.47. The van der Waals surface area contributed by atoms with Gasteiger partial charge in [-0.1, -0.05) is 36.4 Å². The number of pyridine rings is 1. The molecule has 0 radical (unpaired) electrons. The SMILES string of the molecule is CC(NCc1ccc2c(c1)C(=O)NCC2)c1ccc(-c2ccncc2)cc1. The number of rotatable bonds is 5. The number of nitrogens with zero attached hydrogens (tertiary/aromatic N) is 1. The van der Waals surface area contributed by atoms with E-state index in [0.29, 0.717) is 0 Å². The molecule has 1 aromatic heterocycles. The minimum atomic E-state index is 0.0397. The molecule has 136 valence electrons. The molecular weight excluding hydrogens is 334 g/mol. The molecule has 4 rings (SSSR count). The zero-order valence-electron chi connectivity index (χ0n) is 15.4. The normalized spacial score (nSPS) is 14.3. The molecule has 3 aromatic rings. The predicted octanol–water partition coefficient (Wildman–Crippen LogP) is 3.89. The van der Waals surface area contributed by atoms with Crippen LogP contribution in [0, 0.1) is 0 Å². The number of amides is 1. The van der Waals surface area contributed by atoms with E-state index < -0.39 is 0 Å². The maximum Gasteiger partial charge on any atom is 0.251 e. The molecule has 27 heavy (non-hydrogen) atoms. The molecule has 1 atom stereocenters. The van der Waals surface area contributed by atoms with Crippen molar-refractivity contribution in [1.82, 2.24) is 15.6 Å². The first-order chi connectivity index (χ1) is 13.2. The van der Waals surface area contributed by atoms with Crippen molar-refractivity contribution in [1.29, 1.82) is 0 Å². The van der Waals surface area contributed by atoms with Crippen molar-refractivity contribution in [2.75, 3.05) is 6.54 Å². The van der Waals surface area contributed by atoms with Crippen molar-refractivity contribution < 1.29 is 4.79 Å². The maximum atomic E-state index is 12.0. The number of nitrogens with one attached hydrogen (secondary N) is 2. The molecule has 2 heterocycles. The summed E-state index contributed by atoms with van der Waals surface area (Å²) < 4.78 is 0. The zero-order chi connectivity index (χ0) is 18.6. The Labute approximate surface area is 159 Å². The number of carbonyl (C=O) groups excluding carboxylic acids is 1. The average Bonchev–Trinajstić information content (AvgIpc) is 2.73. The van der Waals surface area contributed by atoms with Gasteiger partial charge in [0.05, 0.1) is 0 Å². The van der Waals surface area contributed by atoms with Gasteiger partial charge < -0.3 is 10.6 Å². The van der Waals surface area contributed by atoms with Crippen LogP contribution in [0.25, 0.3) is 11.1 Å². The van der Waals surface area contributed by atoms with Gasteiger partial charge in [0.2, 0.25) is 0 Å². The summed E-state index contributed by atoms with van der Waals surface area (Å²) in [5, 5.41) is 6.47. The van der Waals surface area contributed by atoms with Crippen LogP contribution < -0.4 is 10.6 Å². The van der Waals surface area contributed by atoms with E-state index in [1.54, 1.807) is 0 Å². The third-order valence-corrected chi connectivity index (χ3v) is 5.14. The smallest absolute Gasteiger partial charge is 0.251 e. The van der Waals surface area contributed by atoms with Gasteiger partial charge in [0.1, 0.15) is 0 Å². The molecule has 0 bridgehead atoms. The lowest BCUT2D eigenvalue weighted by Crippen LogP contribution is -2.32. The third kappa shape index (κ3) is 3.91. The molecule has 0 spiro atoms. The van der Waals surface area contributed by atoms with E-state index in [9.17, 15) is 4.79 Å². The summed E-state index contributed by atoms with van der Waals surface area (Å²) in [6.07, 6.45) is 4.54. The van der Waals surface area contributed by atoms with Gasteiger partial charge in [0.15, 0.2) is 0 Å². The Hall–Kier alpha value is -2.98. The van der Waals surface area contributed by atoms with Gasteiger partial charge in [-0.25, -0.2) is 0 Å². The Morgan fingerprint density at radius 1 is 1.04 bits per heavy atom. The fourth-order valence-electron chi connectivity index (χ4n) is 3.47. The highest BCUT2D eigenvalue weighted by Crippen LogP contribution is 2.22. The topological polar surface area (TPSA) is 54.0 Å². The molecule has 0 saturated heterocycles. The van der Waals surface area contributed by atoms with Crippen LogP contribution in [-0.2, 0) is 13.0 Å². The lowest BCUT2D eigenvalue weighted by atomic mass is 9.97. The summed E-state index contributed by atoms with van der Waals surface area (Å²) in [5.41, 5.74) is 6.69. The highest BCUT2D eigenvalue weighted by molar-refractivity contribution is 5.96. The van der Waals surface area contributed by atoms with Crippen LogP contribution in [0.15, 0.2) is 67.0 Å². The number of aromatic nitrogens is 1. The Morgan fingerprint density at radius 3 is 2.56 bits per heavy atom. The highest BCUT2D eigenvalue weighted by atomic mass is 16.1. The Morgan fingerprint density at radius 2 is 1.78 bits per heavy atom. The Bertz CT molecular complexity index is 936. The predicted molar refractivity (Wildman–Crippen MR) is 107 cm³/mol. The first-order valence-corrected chi connectivity index (χ1v) is 9.34. The van der Waals surface area contributed by atoms with E-state index in [4.69, 9.17) is 0 Å². The van der Waals surface area contributed by atoms with E-state index >= 15 is 0 Å². The summed E-state index contributed by atoms with van der Waals surface area (Å²) in [5.74, 6) is 0.0397. The van der Waals surface area contributed by atoms with Gasteiger partial charge in [-0.2, -0.15) is 0 Å². The number of hydrogen-bond donors (Lipinski definition) is 2. The quantitative estimate of drug-likeness (QED) is 0.728. The molecule has 0 fully saturated rings. The zero-order valence-corrected chi connectivity index (χ0v) is 15.4. The highest BCUT2D eigenvalue weighted by Gasteiger charge is 2.16. The summed E-state index contributed by atoms with van der Waals surface area (Å²) in [6.45, 7) is 3.62. The van der Waals surface area contributed by atoms with Crippen LogP contribution in [-0.4, -0.2) is 17.4 Å². The largest absolute Gasteiger partial charge is 0.352 e. The Balaban J connectivity index is 1.41. The van der Waals surface area contributed by atoms with Crippen molar-refractivity contribution in [2.24, 2.45) is 0 Å².